The number of nitrogens with zero attached hydrogens (tertiary/aromatic N) is 5. The van der Waals surface area contributed by atoms with E-state index in [-0.39, 0.29) is 54.6 Å². The van der Waals surface area contributed by atoms with Crippen LogP contribution in [0.25, 0.3) is 10.4 Å². The molecule has 2 aromatic heterocycles. The zero-order chi connectivity index (χ0) is 51.6. The van der Waals surface area contributed by atoms with Crippen molar-refractivity contribution in [3.05, 3.63) is 131 Å². The molecule has 4 atom stereocenters. The Morgan fingerprint density at radius 1 is 0.903 bits per heavy atom. The van der Waals surface area contributed by atoms with Crippen LogP contribution in [0.3, 0.4) is 0 Å². The van der Waals surface area contributed by atoms with Gasteiger partial charge in [-0.25, -0.2) is 13.4 Å². The third kappa shape index (κ3) is 14.1. The lowest BCUT2D eigenvalue weighted by Gasteiger charge is -2.35. The molecule has 382 valence electrons. The van der Waals surface area contributed by atoms with Crippen molar-refractivity contribution in [1.29, 1.82) is 0 Å². The zero-order valence-electron chi connectivity index (χ0n) is 41.3. The van der Waals surface area contributed by atoms with Crippen molar-refractivity contribution in [2.75, 3.05) is 44.6 Å². The van der Waals surface area contributed by atoms with Crippen LogP contribution in [0.2, 0.25) is 0 Å². The highest BCUT2D eigenvalue weighted by Gasteiger charge is 2.44. The highest BCUT2D eigenvalue weighted by atomic mass is 32.2. The van der Waals surface area contributed by atoms with Crippen LogP contribution in [0, 0.1) is 12.3 Å². The Hall–Kier alpha value is -6.16. The summed E-state index contributed by atoms with van der Waals surface area (Å²) in [5.41, 5.74) is 7.06. The predicted octanol–water partition coefficient (Wildman–Crippen LogP) is 5.39. The van der Waals surface area contributed by atoms with Gasteiger partial charge in [-0.3, -0.25) is 29.1 Å². The van der Waals surface area contributed by atoms with Gasteiger partial charge in [-0.1, -0.05) is 63.2 Å². The second-order valence-corrected chi connectivity index (χ2v) is 22.5. The minimum atomic E-state index is -3.70. The molecule has 1 unspecified atom stereocenters. The van der Waals surface area contributed by atoms with Crippen LogP contribution in [0.15, 0.2) is 108 Å². The van der Waals surface area contributed by atoms with Crippen LogP contribution in [-0.4, -0.2) is 124 Å². The van der Waals surface area contributed by atoms with Gasteiger partial charge in [0, 0.05) is 88.8 Å². The molecule has 2 fully saturated rings. The van der Waals surface area contributed by atoms with Gasteiger partial charge in [0.25, 0.3) is 5.91 Å². The molecule has 20 heteroatoms. The number of aliphatic hydroxyl groups excluding tert-OH is 1. The Labute approximate surface area is 431 Å². The number of nitrogens with one attached hydrogen (secondary N) is 5. The molecule has 0 radical (unpaired) electrons. The average molecular weight is 1040 g/mol. The normalized spacial score (nSPS) is 17.4. The van der Waals surface area contributed by atoms with Crippen LogP contribution < -0.4 is 26.6 Å². The number of β-amino-alcohol motifs (C(OH)–C–C–N with tert-alkyl or cyclic N) is 1. The summed E-state index contributed by atoms with van der Waals surface area (Å²) in [5, 5.41) is 26.0. The van der Waals surface area contributed by atoms with E-state index in [2.05, 4.69) is 41.5 Å². The number of carbonyl (C=O) groups excluding carboxylic acids is 4. The lowest BCUT2D eigenvalue weighted by molar-refractivity contribution is -0.144. The summed E-state index contributed by atoms with van der Waals surface area (Å²) in [4.78, 5) is 67.4. The molecule has 0 spiro atoms. The molecular weight excluding hydrogens is 973 g/mol. The molecule has 0 saturated carbocycles. The summed E-state index contributed by atoms with van der Waals surface area (Å²) >= 11 is 6.95. The molecule has 6 N–H and O–H groups in total. The van der Waals surface area contributed by atoms with E-state index in [0.29, 0.717) is 62.1 Å². The van der Waals surface area contributed by atoms with Crippen LogP contribution >= 0.6 is 23.6 Å². The number of piperazine rings is 1. The molecule has 5 aromatic rings. The van der Waals surface area contributed by atoms with Crippen LogP contribution in [0.1, 0.15) is 85.7 Å². The maximum atomic E-state index is 14.1. The maximum absolute atomic E-state index is 14.1. The van der Waals surface area contributed by atoms with Gasteiger partial charge in [0.1, 0.15) is 12.1 Å². The minimum Gasteiger partial charge on any atom is -0.391 e. The Balaban J connectivity index is 0.816. The monoisotopic (exact) mass is 1040 g/mol. The molecule has 2 aliphatic rings. The van der Waals surface area contributed by atoms with E-state index in [1.54, 1.807) is 60.1 Å². The number of anilines is 1. The number of hydrogen-bond acceptors (Lipinski definition) is 12. The van der Waals surface area contributed by atoms with E-state index in [0.717, 1.165) is 32.8 Å². The topological polar surface area (TPSA) is 218 Å². The Bertz CT molecular complexity index is 2780. The Morgan fingerprint density at radius 3 is 2.25 bits per heavy atom. The SMILES string of the molecule is Cc1ncsc1-c1ccc([C@H](C)NC(=O)[C@@H]2C[C@@H](O)CN2C(=O)C(NC(=O)CCCNC(=O)c2ccc(CN3CCN(S(=O)(=O)c4ccc(NC(=S)NCc5cccnc5)cc4)CC3)cc2)C(C)(C)C)cc1. The van der Waals surface area contributed by atoms with Crippen molar-refractivity contribution in [2.45, 2.75) is 96.1 Å². The van der Waals surface area contributed by atoms with Crippen LogP contribution in [0.4, 0.5) is 5.69 Å². The molecular formula is C52H64N10O7S3. The number of pyridine rings is 1. The van der Waals surface area contributed by atoms with Crippen LogP contribution in [-0.2, 0) is 37.5 Å². The molecule has 4 amide bonds. The number of thiocarbonyl (C=S) groups is 1. The van der Waals surface area contributed by atoms with Gasteiger partial charge in [-0.05, 0) is 103 Å². The average Bonchev–Trinajstić information content (AvgIpc) is 3.99. The highest BCUT2D eigenvalue weighted by Crippen LogP contribution is 2.30. The van der Waals surface area contributed by atoms with Gasteiger partial charge < -0.3 is 36.6 Å². The van der Waals surface area contributed by atoms with Gasteiger partial charge in [-0.2, -0.15) is 4.31 Å². The van der Waals surface area contributed by atoms with Crippen molar-refractivity contribution in [3.8, 4) is 10.4 Å². The summed E-state index contributed by atoms with van der Waals surface area (Å²) in [5.74, 6) is -1.50. The molecule has 3 aromatic carbocycles. The number of aromatic nitrogens is 2. The van der Waals surface area contributed by atoms with Gasteiger partial charge in [0.15, 0.2) is 5.11 Å². The fraction of sp³-hybridized carbons (Fsp3) is 0.404. The Kier molecular flexibility index (Phi) is 17.9. The first kappa shape index (κ1) is 53.6. The van der Waals surface area contributed by atoms with E-state index >= 15 is 0 Å². The van der Waals surface area contributed by atoms with Crippen LogP contribution in [0.5, 0.6) is 0 Å². The summed E-state index contributed by atoms with van der Waals surface area (Å²) in [6.45, 7) is 12.4. The lowest BCUT2D eigenvalue weighted by Crippen LogP contribution is -2.57. The third-order valence-electron chi connectivity index (χ3n) is 12.8. The predicted molar refractivity (Wildman–Crippen MR) is 282 cm³/mol. The fourth-order valence-corrected chi connectivity index (χ4v) is 11.1. The number of thiazole rings is 1. The molecule has 72 heavy (non-hydrogen) atoms. The van der Waals surface area contributed by atoms with E-state index in [9.17, 15) is 32.7 Å². The highest BCUT2D eigenvalue weighted by molar-refractivity contribution is 7.89. The quantitative estimate of drug-likeness (QED) is 0.0480. The first-order valence-electron chi connectivity index (χ1n) is 24.1. The van der Waals surface area contributed by atoms with Gasteiger partial charge in [-0.15, -0.1) is 11.3 Å². The largest absolute Gasteiger partial charge is 0.391 e. The fourth-order valence-electron chi connectivity index (χ4n) is 8.67. The molecule has 17 nitrogen and oxygen atoms in total. The first-order chi connectivity index (χ1) is 34.3. The summed E-state index contributed by atoms with van der Waals surface area (Å²) in [7, 11) is -3.70. The van der Waals surface area contributed by atoms with Crippen molar-refractivity contribution < 1.29 is 32.7 Å². The molecule has 0 bridgehead atoms. The van der Waals surface area contributed by atoms with E-state index in [1.165, 1.54) is 9.21 Å². The van der Waals surface area contributed by atoms with Gasteiger partial charge in [0.05, 0.1) is 33.1 Å². The zero-order valence-corrected chi connectivity index (χ0v) is 43.7. The van der Waals surface area contributed by atoms with Gasteiger partial charge in [0.2, 0.25) is 27.7 Å². The molecule has 2 aliphatic heterocycles. The van der Waals surface area contributed by atoms with Crippen molar-refractivity contribution >= 4 is 68.0 Å². The first-order valence-corrected chi connectivity index (χ1v) is 26.8. The number of aliphatic hydroxyl groups is 1. The number of rotatable bonds is 18. The van der Waals surface area contributed by atoms with Crippen molar-refractivity contribution in [1.82, 2.24) is 45.3 Å². The summed E-state index contributed by atoms with van der Waals surface area (Å²) < 4.78 is 28.5. The third-order valence-corrected chi connectivity index (χ3v) is 15.9. The number of aryl methyl sites for hydroxylation is 1. The number of carbonyl (C=O) groups is 4. The summed E-state index contributed by atoms with van der Waals surface area (Å²) in [6, 6.07) is 23.2. The Morgan fingerprint density at radius 2 is 1.61 bits per heavy atom. The smallest absolute Gasteiger partial charge is 0.251 e. The second-order valence-electron chi connectivity index (χ2n) is 19.3. The molecule has 0 aliphatic carbocycles. The number of likely N-dealkylation sites (tertiary alicyclic amines) is 1. The van der Waals surface area contributed by atoms with Gasteiger partial charge >= 0.3 is 0 Å². The standard InChI is InChI=1S/C52H64N10O7S3/c1-34(38-14-16-39(17-15-38)46-35(2)56-33-71-46)57-49(66)44-28-42(63)32-62(44)50(67)47(52(3,4)5)59-45(64)9-7-23-54-48(65)40-12-10-36(11-13-40)31-60-24-26-61(27-25-60)72(68,69)43-20-18-41(19-21-43)58-51(70)55-30-37-8-6-22-53-29-37/h6,8,10-22,29,33-34,42,44,47,63H,7,9,23-28,30-32H2,1-5H3,(H,54,65)(H,57,66)(H,59,64)(H2,55,58,70)/t34-,42+,44-,47?/m0/s1. The van der Waals surface area contributed by atoms with Crippen molar-refractivity contribution in [2.24, 2.45) is 5.41 Å². The molecule has 4 heterocycles. The van der Waals surface area contributed by atoms with Crippen molar-refractivity contribution in [3.63, 3.8) is 0 Å². The van der Waals surface area contributed by atoms with E-state index in [4.69, 9.17) is 12.2 Å². The minimum absolute atomic E-state index is 0.0344. The summed E-state index contributed by atoms with van der Waals surface area (Å²) in [6.07, 6.45) is 3.00. The van der Waals surface area contributed by atoms with E-state index < -0.39 is 39.5 Å². The maximum Gasteiger partial charge on any atom is 0.251 e. The van der Waals surface area contributed by atoms with E-state index in [1.807, 2.05) is 88.7 Å². The molecule has 7 rings (SSSR count). The number of amides is 4. The second kappa shape index (κ2) is 24.0. The number of hydrogen-bond donors (Lipinski definition) is 6. The number of benzene rings is 3. The lowest BCUT2D eigenvalue weighted by atomic mass is 9.85. The molecule has 2 saturated heterocycles. The number of sulfonamides is 1.